The van der Waals surface area contributed by atoms with E-state index in [4.69, 9.17) is 14.6 Å². The Hall–Kier alpha value is -3.60. The van der Waals surface area contributed by atoms with Crippen LogP contribution in [-0.2, 0) is 6.61 Å². The Morgan fingerprint density at radius 1 is 1.04 bits per heavy atom. The van der Waals surface area contributed by atoms with Gasteiger partial charge in [0.05, 0.1) is 18.4 Å². The summed E-state index contributed by atoms with van der Waals surface area (Å²) in [5.74, 6) is 0.243. The molecule has 0 bridgehead atoms. The van der Waals surface area contributed by atoms with Crippen molar-refractivity contribution in [3.8, 4) is 11.5 Å². The van der Waals surface area contributed by atoms with Crippen molar-refractivity contribution in [1.29, 1.82) is 0 Å². The quantitative estimate of drug-likeness (QED) is 0.588. The van der Waals surface area contributed by atoms with E-state index in [1.165, 1.54) is 0 Å². The summed E-state index contributed by atoms with van der Waals surface area (Å²) >= 11 is 0. The standard InChI is InChI=1S/C23H21NO4/c1-16-6-3-4-8-20(16)24-14-19-7-5-9-21(27-2)22(19)28-15-17-10-12-18(13-11-17)23(25)26/h3-14H,15H2,1-2H3,(H,25,26). The largest absolute Gasteiger partial charge is 0.493 e. The van der Waals surface area contributed by atoms with E-state index in [-0.39, 0.29) is 12.2 Å². The van der Waals surface area contributed by atoms with Crippen LogP contribution in [0.2, 0.25) is 0 Å². The van der Waals surface area contributed by atoms with E-state index in [2.05, 4.69) is 4.99 Å². The highest BCUT2D eigenvalue weighted by Gasteiger charge is 2.10. The van der Waals surface area contributed by atoms with Crippen molar-refractivity contribution in [2.75, 3.05) is 7.11 Å². The lowest BCUT2D eigenvalue weighted by molar-refractivity contribution is 0.0697. The minimum absolute atomic E-state index is 0.243. The zero-order valence-electron chi connectivity index (χ0n) is 15.8. The molecule has 0 atom stereocenters. The van der Waals surface area contributed by atoms with Gasteiger partial charge in [-0.15, -0.1) is 0 Å². The molecule has 28 heavy (non-hydrogen) atoms. The summed E-state index contributed by atoms with van der Waals surface area (Å²) in [5, 5.41) is 9.00. The van der Waals surface area contributed by atoms with Crippen LogP contribution in [0.4, 0.5) is 5.69 Å². The zero-order chi connectivity index (χ0) is 19.9. The van der Waals surface area contributed by atoms with Crippen LogP contribution >= 0.6 is 0 Å². The third-order valence-corrected chi connectivity index (χ3v) is 4.27. The zero-order valence-corrected chi connectivity index (χ0v) is 15.8. The summed E-state index contributed by atoms with van der Waals surface area (Å²) in [6.45, 7) is 2.29. The monoisotopic (exact) mass is 375 g/mol. The number of methoxy groups -OCH3 is 1. The van der Waals surface area contributed by atoms with E-state index in [0.29, 0.717) is 11.5 Å². The van der Waals surface area contributed by atoms with E-state index >= 15 is 0 Å². The fourth-order valence-corrected chi connectivity index (χ4v) is 2.70. The Balaban J connectivity index is 1.83. The highest BCUT2D eigenvalue weighted by Crippen LogP contribution is 2.31. The first-order chi connectivity index (χ1) is 13.6. The van der Waals surface area contributed by atoms with Gasteiger partial charge in [-0.05, 0) is 48.4 Å². The average molecular weight is 375 g/mol. The molecule has 0 spiro atoms. The van der Waals surface area contributed by atoms with E-state index in [0.717, 1.165) is 22.4 Å². The third-order valence-electron chi connectivity index (χ3n) is 4.27. The predicted octanol–water partition coefficient (Wildman–Crippen LogP) is 5.03. The number of carbonyl (C=O) groups is 1. The van der Waals surface area contributed by atoms with Gasteiger partial charge in [0.15, 0.2) is 11.5 Å². The molecule has 0 heterocycles. The van der Waals surface area contributed by atoms with Crippen molar-refractivity contribution >= 4 is 17.9 Å². The molecule has 0 saturated heterocycles. The number of carboxylic acids is 1. The summed E-state index contributed by atoms with van der Waals surface area (Å²) in [4.78, 5) is 15.5. The highest BCUT2D eigenvalue weighted by atomic mass is 16.5. The van der Waals surface area contributed by atoms with Crippen LogP contribution in [0.25, 0.3) is 0 Å². The second kappa shape index (κ2) is 8.86. The van der Waals surface area contributed by atoms with Gasteiger partial charge >= 0.3 is 5.97 Å². The first-order valence-electron chi connectivity index (χ1n) is 8.80. The Morgan fingerprint density at radius 3 is 2.46 bits per heavy atom. The Bertz CT molecular complexity index is 994. The van der Waals surface area contributed by atoms with Crippen LogP contribution in [-0.4, -0.2) is 24.4 Å². The normalized spacial score (nSPS) is 10.8. The summed E-state index contributed by atoms with van der Waals surface area (Å²) in [7, 11) is 1.59. The number of rotatable bonds is 7. The maximum Gasteiger partial charge on any atom is 0.335 e. The summed E-state index contributed by atoms with van der Waals surface area (Å²) < 4.78 is 11.4. The Labute approximate surface area is 163 Å². The third kappa shape index (κ3) is 4.57. The number of carboxylic acid groups (broad SMARTS) is 1. The van der Waals surface area contributed by atoms with Gasteiger partial charge in [-0.2, -0.15) is 0 Å². The Morgan fingerprint density at radius 2 is 1.79 bits per heavy atom. The Kier molecular flexibility index (Phi) is 6.07. The number of aryl methyl sites for hydroxylation is 1. The van der Waals surface area contributed by atoms with Crippen LogP contribution < -0.4 is 9.47 Å². The van der Waals surface area contributed by atoms with Crippen molar-refractivity contribution in [2.45, 2.75) is 13.5 Å². The fourth-order valence-electron chi connectivity index (χ4n) is 2.70. The molecule has 3 rings (SSSR count). The van der Waals surface area contributed by atoms with Gasteiger partial charge in [-0.25, -0.2) is 4.79 Å². The lowest BCUT2D eigenvalue weighted by Crippen LogP contribution is -2.02. The van der Waals surface area contributed by atoms with Gasteiger partial charge in [-0.1, -0.05) is 36.4 Å². The fraction of sp³-hybridized carbons (Fsp3) is 0.130. The molecule has 1 N–H and O–H groups in total. The summed E-state index contributed by atoms with van der Waals surface area (Å²) in [6.07, 6.45) is 1.76. The molecule has 0 unspecified atom stereocenters. The molecule has 0 aromatic heterocycles. The topological polar surface area (TPSA) is 68.1 Å². The van der Waals surface area contributed by atoms with Crippen molar-refractivity contribution < 1.29 is 19.4 Å². The number of para-hydroxylation sites is 2. The minimum atomic E-state index is -0.952. The highest BCUT2D eigenvalue weighted by molar-refractivity contribution is 5.88. The molecule has 5 nitrogen and oxygen atoms in total. The van der Waals surface area contributed by atoms with Gasteiger partial charge < -0.3 is 14.6 Å². The van der Waals surface area contributed by atoms with Crippen LogP contribution in [0.3, 0.4) is 0 Å². The van der Waals surface area contributed by atoms with Gasteiger partial charge in [-0.3, -0.25) is 4.99 Å². The molecule has 0 saturated carbocycles. The van der Waals surface area contributed by atoms with Crippen molar-refractivity contribution in [3.05, 3.63) is 89.0 Å². The molecule has 0 fully saturated rings. The molecule has 0 aliphatic rings. The van der Waals surface area contributed by atoms with Gasteiger partial charge in [0.1, 0.15) is 6.61 Å². The van der Waals surface area contributed by atoms with Crippen molar-refractivity contribution in [3.63, 3.8) is 0 Å². The first kappa shape index (κ1) is 19.2. The molecule has 0 amide bonds. The number of benzene rings is 3. The summed E-state index contributed by atoms with van der Waals surface area (Å²) in [6, 6.07) is 20.1. The van der Waals surface area contributed by atoms with Crippen molar-refractivity contribution in [1.82, 2.24) is 0 Å². The molecule has 3 aromatic carbocycles. The predicted molar refractivity (Wildman–Crippen MR) is 109 cm³/mol. The number of aliphatic imine (C=N–C) groups is 1. The molecular formula is C23H21NO4. The minimum Gasteiger partial charge on any atom is -0.493 e. The van der Waals surface area contributed by atoms with Crippen LogP contribution in [0.1, 0.15) is 27.0 Å². The van der Waals surface area contributed by atoms with Crippen LogP contribution in [0, 0.1) is 6.92 Å². The smallest absolute Gasteiger partial charge is 0.335 e. The van der Waals surface area contributed by atoms with Gasteiger partial charge in [0.2, 0.25) is 0 Å². The maximum atomic E-state index is 11.0. The molecule has 0 radical (unpaired) electrons. The number of ether oxygens (including phenoxy) is 2. The number of hydrogen-bond donors (Lipinski definition) is 1. The molecule has 5 heteroatoms. The second-order valence-electron chi connectivity index (χ2n) is 6.21. The van der Waals surface area contributed by atoms with Crippen LogP contribution in [0.5, 0.6) is 11.5 Å². The average Bonchev–Trinajstić information content (AvgIpc) is 2.72. The lowest BCUT2D eigenvalue weighted by atomic mass is 10.1. The van der Waals surface area contributed by atoms with E-state index < -0.39 is 5.97 Å². The number of aromatic carboxylic acids is 1. The van der Waals surface area contributed by atoms with E-state index in [1.807, 2.05) is 49.4 Å². The van der Waals surface area contributed by atoms with Gasteiger partial charge in [0.25, 0.3) is 0 Å². The van der Waals surface area contributed by atoms with Crippen molar-refractivity contribution in [2.24, 2.45) is 4.99 Å². The molecule has 142 valence electrons. The van der Waals surface area contributed by atoms with E-state index in [1.54, 1.807) is 37.6 Å². The number of hydrogen-bond acceptors (Lipinski definition) is 4. The number of nitrogens with zero attached hydrogens (tertiary/aromatic N) is 1. The van der Waals surface area contributed by atoms with Gasteiger partial charge in [0, 0.05) is 11.8 Å². The SMILES string of the molecule is COc1cccc(C=Nc2ccccc2C)c1OCc1ccc(C(=O)O)cc1. The molecule has 3 aromatic rings. The second-order valence-corrected chi connectivity index (χ2v) is 6.21. The first-order valence-corrected chi connectivity index (χ1v) is 8.80. The summed E-state index contributed by atoms with van der Waals surface area (Å²) in [5.41, 5.74) is 3.87. The molecule has 0 aliphatic heterocycles. The molecular weight excluding hydrogens is 354 g/mol. The van der Waals surface area contributed by atoms with Crippen LogP contribution in [0.15, 0.2) is 71.7 Å². The van der Waals surface area contributed by atoms with E-state index in [9.17, 15) is 4.79 Å². The maximum absolute atomic E-state index is 11.0. The lowest BCUT2D eigenvalue weighted by Gasteiger charge is -2.13. The molecule has 0 aliphatic carbocycles.